The van der Waals surface area contributed by atoms with Crippen LogP contribution in [0, 0.1) is 5.92 Å². The smallest absolute Gasteiger partial charge is 0.306 e. The van der Waals surface area contributed by atoms with E-state index in [0.29, 0.717) is 12.8 Å². The average molecular weight is 319 g/mol. The Kier molecular flexibility index (Phi) is 4.84. The van der Waals surface area contributed by atoms with Crippen LogP contribution in [0.3, 0.4) is 0 Å². The lowest BCUT2D eigenvalue weighted by molar-refractivity contribution is -0.142. The molecule has 0 aromatic heterocycles. The summed E-state index contributed by atoms with van der Waals surface area (Å²) in [4.78, 5) is 22.6. The van der Waals surface area contributed by atoms with Crippen LogP contribution in [0.1, 0.15) is 32.6 Å². The Bertz CT molecular complexity index is 509. The van der Waals surface area contributed by atoms with Gasteiger partial charge in [-0.25, -0.2) is 0 Å². The third kappa shape index (κ3) is 4.39. The summed E-state index contributed by atoms with van der Waals surface area (Å²) in [6, 6.07) is -0.663. The zero-order chi connectivity index (χ0) is 15.6. The van der Waals surface area contributed by atoms with Crippen molar-refractivity contribution < 1.29 is 23.1 Å². The first-order valence-electron chi connectivity index (χ1n) is 7.10. The molecule has 1 heterocycles. The van der Waals surface area contributed by atoms with E-state index in [4.69, 9.17) is 5.11 Å². The van der Waals surface area contributed by atoms with Crippen LogP contribution in [0.2, 0.25) is 0 Å². The molecule has 2 rings (SSSR count). The fourth-order valence-electron chi connectivity index (χ4n) is 2.25. The van der Waals surface area contributed by atoms with E-state index in [1.54, 1.807) is 0 Å². The molecule has 2 aliphatic rings. The molecule has 1 saturated carbocycles. The van der Waals surface area contributed by atoms with E-state index in [1.165, 1.54) is 11.2 Å². The van der Waals surface area contributed by atoms with Gasteiger partial charge in [-0.15, -0.1) is 0 Å². The van der Waals surface area contributed by atoms with Gasteiger partial charge in [-0.2, -0.15) is 17.4 Å². The lowest BCUT2D eigenvalue weighted by atomic mass is 9.99. The Hall–Kier alpha value is -1.19. The van der Waals surface area contributed by atoms with Crippen molar-refractivity contribution in [3.05, 3.63) is 0 Å². The largest absolute Gasteiger partial charge is 0.481 e. The predicted octanol–water partition coefficient (Wildman–Crippen LogP) is -0.715. The Balaban J connectivity index is 1.86. The molecule has 120 valence electrons. The van der Waals surface area contributed by atoms with Crippen LogP contribution < -0.4 is 10.0 Å². The lowest BCUT2D eigenvalue weighted by Gasteiger charge is -2.30. The first-order valence-corrected chi connectivity index (χ1v) is 8.54. The molecule has 1 aliphatic heterocycles. The number of hydrogen-bond donors (Lipinski definition) is 3. The quantitative estimate of drug-likeness (QED) is 0.598. The maximum Gasteiger partial charge on any atom is 0.306 e. The van der Waals surface area contributed by atoms with Crippen molar-refractivity contribution in [1.82, 2.24) is 14.3 Å². The van der Waals surface area contributed by atoms with Gasteiger partial charge in [0, 0.05) is 19.1 Å². The highest BCUT2D eigenvalue weighted by molar-refractivity contribution is 7.87. The van der Waals surface area contributed by atoms with E-state index in [1.807, 2.05) is 0 Å². The number of carbonyl (C=O) groups excluding carboxylic acids is 1. The van der Waals surface area contributed by atoms with Gasteiger partial charge in [-0.1, -0.05) is 0 Å². The number of aliphatic carboxylic acids is 1. The zero-order valence-corrected chi connectivity index (χ0v) is 12.7. The minimum atomic E-state index is -3.76. The van der Waals surface area contributed by atoms with E-state index in [9.17, 15) is 18.0 Å². The van der Waals surface area contributed by atoms with Crippen molar-refractivity contribution in [2.24, 2.45) is 5.92 Å². The molecular formula is C12H21N3O5S. The number of hydrogen-bond acceptors (Lipinski definition) is 4. The van der Waals surface area contributed by atoms with E-state index < -0.39 is 28.1 Å². The molecule has 8 nitrogen and oxygen atoms in total. The monoisotopic (exact) mass is 319 g/mol. The van der Waals surface area contributed by atoms with Crippen LogP contribution in [0.4, 0.5) is 0 Å². The Labute approximate surface area is 124 Å². The van der Waals surface area contributed by atoms with Crippen LogP contribution in [-0.4, -0.2) is 54.9 Å². The first-order chi connectivity index (χ1) is 9.79. The van der Waals surface area contributed by atoms with Gasteiger partial charge in [0.1, 0.15) is 0 Å². The van der Waals surface area contributed by atoms with E-state index >= 15 is 0 Å². The summed E-state index contributed by atoms with van der Waals surface area (Å²) in [5.74, 6) is -1.72. The standard InChI is InChI=1S/C12H21N3O5S/c1-8(11(16)13-10-2-3-10)14-21(19,20)15-6-4-9(5-7-15)12(17)18/h8-10,14H,2-7H2,1H3,(H,13,16)(H,17,18). The average Bonchev–Trinajstić information content (AvgIpc) is 3.22. The zero-order valence-electron chi connectivity index (χ0n) is 11.9. The van der Waals surface area contributed by atoms with Crippen LogP contribution in [0.25, 0.3) is 0 Å². The van der Waals surface area contributed by atoms with Gasteiger partial charge in [0.05, 0.1) is 12.0 Å². The van der Waals surface area contributed by atoms with Crippen molar-refractivity contribution in [1.29, 1.82) is 0 Å². The molecule has 1 atom stereocenters. The Morgan fingerprint density at radius 1 is 1.19 bits per heavy atom. The predicted molar refractivity (Wildman–Crippen MR) is 74.6 cm³/mol. The van der Waals surface area contributed by atoms with Gasteiger partial charge in [-0.3, -0.25) is 9.59 Å². The van der Waals surface area contributed by atoms with Crippen molar-refractivity contribution in [3.63, 3.8) is 0 Å². The lowest BCUT2D eigenvalue weighted by Crippen LogP contribution is -2.52. The number of nitrogens with one attached hydrogen (secondary N) is 2. The number of carboxylic acid groups (broad SMARTS) is 1. The van der Waals surface area contributed by atoms with Gasteiger partial charge < -0.3 is 10.4 Å². The molecule has 0 aromatic carbocycles. The second-order valence-corrected chi connectivity index (χ2v) is 7.34. The second-order valence-electron chi connectivity index (χ2n) is 5.64. The number of rotatable bonds is 6. The van der Waals surface area contributed by atoms with Crippen LogP contribution in [0.15, 0.2) is 0 Å². The van der Waals surface area contributed by atoms with Gasteiger partial charge in [-0.05, 0) is 32.6 Å². The van der Waals surface area contributed by atoms with Crippen LogP contribution in [-0.2, 0) is 19.8 Å². The van der Waals surface area contributed by atoms with Gasteiger partial charge >= 0.3 is 5.97 Å². The number of nitrogens with zero attached hydrogens (tertiary/aromatic N) is 1. The maximum atomic E-state index is 12.2. The molecule has 21 heavy (non-hydrogen) atoms. The molecule has 9 heteroatoms. The number of carbonyl (C=O) groups is 2. The summed E-state index contributed by atoms with van der Waals surface area (Å²) in [7, 11) is -3.76. The fourth-order valence-corrected chi connectivity index (χ4v) is 3.64. The third-order valence-corrected chi connectivity index (χ3v) is 5.48. The Morgan fingerprint density at radius 3 is 2.24 bits per heavy atom. The van der Waals surface area contributed by atoms with Gasteiger partial charge in [0.2, 0.25) is 5.91 Å². The highest BCUT2D eigenvalue weighted by Gasteiger charge is 2.33. The van der Waals surface area contributed by atoms with Crippen molar-refractivity contribution >= 4 is 22.1 Å². The summed E-state index contributed by atoms with van der Waals surface area (Å²) < 4.78 is 27.9. The third-order valence-electron chi connectivity index (χ3n) is 3.79. The molecule has 3 N–H and O–H groups in total. The van der Waals surface area contributed by atoms with E-state index in [-0.39, 0.29) is 25.0 Å². The molecule has 1 saturated heterocycles. The van der Waals surface area contributed by atoms with Gasteiger partial charge in [0.15, 0.2) is 0 Å². The molecule has 0 aromatic rings. The molecule has 0 radical (unpaired) electrons. The van der Waals surface area contributed by atoms with E-state index in [2.05, 4.69) is 10.0 Å². The maximum absolute atomic E-state index is 12.2. The normalized spacial score (nSPS) is 22.7. The Morgan fingerprint density at radius 2 is 1.76 bits per heavy atom. The minimum Gasteiger partial charge on any atom is -0.481 e. The summed E-state index contributed by atoms with van der Waals surface area (Å²) in [5, 5.41) is 11.6. The molecule has 2 fully saturated rings. The SMILES string of the molecule is CC(NS(=O)(=O)N1CCC(C(=O)O)CC1)C(=O)NC1CC1. The van der Waals surface area contributed by atoms with Crippen molar-refractivity contribution in [2.45, 2.75) is 44.7 Å². The van der Waals surface area contributed by atoms with Crippen molar-refractivity contribution in [2.75, 3.05) is 13.1 Å². The first kappa shape index (κ1) is 16.2. The highest BCUT2D eigenvalue weighted by Crippen LogP contribution is 2.20. The van der Waals surface area contributed by atoms with Crippen LogP contribution in [0.5, 0.6) is 0 Å². The number of piperidine rings is 1. The summed E-state index contributed by atoms with van der Waals surface area (Å²) in [6.45, 7) is 1.81. The molecule has 1 unspecified atom stereocenters. The number of amides is 1. The molecule has 0 spiro atoms. The molecular weight excluding hydrogens is 298 g/mol. The summed E-state index contributed by atoms with van der Waals surface area (Å²) >= 11 is 0. The molecule has 1 aliphatic carbocycles. The number of carboxylic acids is 1. The second kappa shape index (κ2) is 6.29. The molecule has 0 bridgehead atoms. The van der Waals surface area contributed by atoms with E-state index in [0.717, 1.165) is 12.8 Å². The highest BCUT2D eigenvalue weighted by atomic mass is 32.2. The minimum absolute atomic E-state index is 0.156. The summed E-state index contributed by atoms with van der Waals surface area (Å²) in [6.07, 6.45) is 2.46. The fraction of sp³-hybridized carbons (Fsp3) is 0.833. The molecule has 1 amide bonds. The summed E-state index contributed by atoms with van der Waals surface area (Å²) in [5.41, 5.74) is 0. The van der Waals surface area contributed by atoms with Crippen molar-refractivity contribution in [3.8, 4) is 0 Å². The van der Waals surface area contributed by atoms with Gasteiger partial charge in [0.25, 0.3) is 10.2 Å². The topological polar surface area (TPSA) is 116 Å². The van der Waals surface area contributed by atoms with Crippen LogP contribution >= 0.6 is 0 Å².